The van der Waals surface area contributed by atoms with Gasteiger partial charge in [0, 0.05) is 18.6 Å². The molecule has 2 aromatic rings. The average Bonchev–Trinajstić information content (AvgIpc) is 2.82. The van der Waals surface area contributed by atoms with Crippen molar-refractivity contribution in [3.8, 4) is 0 Å². The van der Waals surface area contributed by atoms with Gasteiger partial charge < -0.3 is 15.4 Å². The first-order valence-corrected chi connectivity index (χ1v) is 10.7. The number of carbonyl (C=O) groups excluding carboxylic acids is 3. The van der Waals surface area contributed by atoms with Crippen LogP contribution in [0.3, 0.4) is 0 Å². The smallest absolute Gasteiger partial charge is 0.328 e. The van der Waals surface area contributed by atoms with Crippen molar-refractivity contribution in [2.24, 2.45) is 5.92 Å². The topological polar surface area (TPSA) is 171 Å². The maximum Gasteiger partial charge on any atom is 0.328 e. The van der Waals surface area contributed by atoms with Gasteiger partial charge in [0.2, 0.25) is 5.91 Å². The number of carbonyl (C=O) groups is 3. The van der Waals surface area contributed by atoms with E-state index in [1.54, 1.807) is 24.3 Å². The van der Waals surface area contributed by atoms with Crippen LogP contribution in [0.15, 0.2) is 48.5 Å². The number of nitrogens with zero attached hydrogens (tertiary/aromatic N) is 2. The second kappa shape index (κ2) is 12.2. The Morgan fingerprint density at radius 1 is 0.914 bits per heavy atom. The molecule has 0 bridgehead atoms. The maximum atomic E-state index is 13.1. The summed E-state index contributed by atoms with van der Waals surface area (Å²) in [7, 11) is 1.19. The third-order valence-corrected chi connectivity index (χ3v) is 5.00. The Bertz CT molecular complexity index is 1070. The van der Waals surface area contributed by atoms with Crippen molar-refractivity contribution in [1.82, 2.24) is 10.6 Å². The van der Waals surface area contributed by atoms with Crippen molar-refractivity contribution in [2.75, 3.05) is 7.11 Å². The molecule has 0 aliphatic carbocycles. The largest absolute Gasteiger partial charge is 0.467 e. The second-order valence-electron chi connectivity index (χ2n) is 8.18. The van der Waals surface area contributed by atoms with Crippen LogP contribution >= 0.6 is 0 Å². The molecule has 0 radical (unpaired) electrons. The van der Waals surface area contributed by atoms with Crippen molar-refractivity contribution in [3.05, 3.63) is 79.9 Å². The summed E-state index contributed by atoms with van der Waals surface area (Å²) in [4.78, 5) is 58.7. The Morgan fingerprint density at radius 2 is 1.49 bits per heavy atom. The highest BCUT2D eigenvalue weighted by atomic mass is 16.6. The van der Waals surface area contributed by atoms with Crippen LogP contribution in [0.25, 0.3) is 0 Å². The fourth-order valence-corrected chi connectivity index (χ4v) is 3.34. The van der Waals surface area contributed by atoms with Gasteiger partial charge in [0.25, 0.3) is 17.3 Å². The Hall–Kier alpha value is -4.35. The molecule has 2 rings (SSSR count). The first-order valence-electron chi connectivity index (χ1n) is 10.7. The van der Waals surface area contributed by atoms with Gasteiger partial charge in [0.05, 0.1) is 28.6 Å². The molecule has 0 spiro atoms. The van der Waals surface area contributed by atoms with Crippen molar-refractivity contribution in [1.29, 1.82) is 0 Å². The van der Waals surface area contributed by atoms with Crippen LogP contribution in [0.5, 0.6) is 0 Å². The first kappa shape index (κ1) is 26.9. The number of nitro benzene ring substituents is 2. The minimum atomic E-state index is -1.12. The van der Waals surface area contributed by atoms with Gasteiger partial charge in [-0.15, -0.1) is 0 Å². The van der Waals surface area contributed by atoms with E-state index in [4.69, 9.17) is 4.74 Å². The lowest BCUT2D eigenvalue weighted by Crippen LogP contribution is -2.52. The molecule has 2 N–H and O–H groups in total. The quantitative estimate of drug-likeness (QED) is 0.277. The number of nitrogens with one attached hydrogen (secondary N) is 2. The molecule has 0 heterocycles. The fourth-order valence-electron chi connectivity index (χ4n) is 3.34. The number of ether oxygens (including phenoxy) is 1. The van der Waals surface area contributed by atoms with Crippen LogP contribution in [0, 0.1) is 26.1 Å². The van der Waals surface area contributed by atoms with Crippen molar-refractivity contribution in [2.45, 2.75) is 38.8 Å². The van der Waals surface area contributed by atoms with Crippen LogP contribution < -0.4 is 10.6 Å². The molecular formula is C23H26N4O8. The van der Waals surface area contributed by atoms with Crippen molar-refractivity contribution >= 4 is 29.2 Å². The summed E-state index contributed by atoms with van der Waals surface area (Å²) in [6.07, 6.45) is 0.326. The number of hydrogen-bond donors (Lipinski definition) is 2. The van der Waals surface area contributed by atoms with Crippen LogP contribution in [-0.2, 0) is 20.7 Å². The number of hydrogen-bond acceptors (Lipinski definition) is 8. The molecule has 0 aromatic heterocycles. The summed E-state index contributed by atoms with van der Waals surface area (Å²) >= 11 is 0. The molecule has 35 heavy (non-hydrogen) atoms. The molecule has 0 unspecified atom stereocenters. The van der Waals surface area contributed by atoms with Crippen LogP contribution in [0.4, 0.5) is 11.4 Å². The van der Waals surface area contributed by atoms with Gasteiger partial charge in [-0.25, -0.2) is 4.79 Å². The van der Waals surface area contributed by atoms with Crippen LogP contribution in [-0.4, -0.2) is 46.8 Å². The SMILES string of the molecule is COC(=O)[C@H](Cc1ccccc1)NC(=O)[C@H](CC(C)C)NC(=O)c1cc([N+](=O)[O-])cc([N+](=O)[O-])c1. The van der Waals surface area contributed by atoms with E-state index in [2.05, 4.69) is 10.6 Å². The highest BCUT2D eigenvalue weighted by molar-refractivity contribution is 5.99. The molecule has 0 aliphatic rings. The monoisotopic (exact) mass is 486 g/mol. The minimum absolute atomic E-state index is 0.0591. The molecule has 0 aliphatic heterocycles. The van der Waals surface area contributed by atoms with Gasteiger partial charge in [0.1, 0.15) is 12.1 Å². The van der Waals surface area contributed by atoms with Gasteiger partial charge in [-0.3, -0.25) is 29.8 Å². The normalized spacial score (nSPS) is 12.3. The summed E-state index contributed by atoms with van der Waals surface area (Å²) < 4.78 is 4.80. The van der Waals surface area contributed by atoms with E-state index in [-0.39, 0.29) is 24.3 Å². The van der Waals surface area contributed by atoms with Crippen LogP contribution in [0.1, 0.15) is 36.2 Å². The van der Waals surface area contributed by atoms with Gasteiger partial charge in [-0.2, -0.15) is 0 Å². The van der Waals surface area contributed by atoms with Gasteiger partial charge in [0.15, 0.2) is 0 Å². The minimum Gasteiger partial charge on any atom is -0.467 e. The number of rotatable bonds is 11. The van der Waals surface area contributed by atoms with E-state index in [1.807, 2.05) is 19.9 Å². The first-order chi connectivity index (χ1) is 16.5. The number of nitro groups is 2. The summed E-state index contributed by atoms with van der Waals surface area (Å²) in [6.45, 7) is 3.62. The molecule has 0 fully saturated rings. The molecule has 12 nitrogen and oxygen atoms in total. The lowest BCUT2D eigenvalue weighted by molar-refractivity contribution is -0.394. The van der Waals surface area contributed by atoms with E-state index in [0.717, 1.165) is 23.8 Å². The zero-order chi connectivity index (χ0) is 26.1. The molecule has 2 amide bonds. The highest BCUT2D eigenvalue weighted by Gasteiger charge is 2.29. The Kier molecular flexibility index (Phi) is 9.38. The molecule has 12 heteroatoms. The molecule has 0 saturated carbocycles. The predicted molar refractivity (Wildman–Crippen MR) is 125 cm³/mol. The third kappa shape index (κ3) is 7.88. The number of non-ortho nitro benzene ring substituents is 2. The molecular weight excluding hydrogens is 460 g/mol. The molecule has 0 saturated heterocycles. The molecule has 186 valence electrons. The number of benzene rings is 2. The fraction of sp³-hybridized carbons (Fsp3) is 0.348. The van der Waals surface area contributed by atoms with Gasteiger partial charge >= 0.3 is 5.97 Å². The van der Waals surface area contributed by atoms with E-state index in [9.17, 15) is 34.6 Å². The summed E-state index contributed by atoms with van der Waals surface area (Å²) in [5.41, 5.74) is -0.844. The molecule has 2 aromatic carbocycles. The Morgan fingerprint density at radius 3 is 1.97 bits per heavy atom. The number of esters is 1. The lowest BCUT2D eigenvalue weighted by Gasteiger charge is -2.23. The summed E-state index contributed by atoms with van der Waals surface area (Å²) in [5, 5.41) is 27.3. The zero-order valence-electron chi connectivity index (χ0n) is 19.4. The van der Waals surface area contributed by atoms with E-state index in [1.165, 1.54) is 7.11 Å². The number of methoxy groups -OCH3 is 1. The Labute approximate surface area is 201 Å². The Balaban J connectivity index is 2.27. The highest BCUT2D eigenvalue weighted by Crippen LogP contribution is 2.23. The lowest BCUT2D eigenvalue weighted by atomic mass is 10.0. The second-order valence-corrected chi connectivity index (χ2v) is 8.18. The molecule has 2 atom stereocenters. The zero-order valence-corrected chi connectivity index (χ0v) is 19.4. The third-order valence-electron chi connectivity index (χ3n) is 5.00. The van der Waals surface area contributed by atoms with Gasteiger partial charge in [-0.1, -0.05) is 44.2 Å². The maximum absolute atomic E-state index is 13.1. The van der Waals surface area contributed by atoms with Crippen molar-refractivity contribution in [3.63, 3.8) is 0 Å². The van der Waals surface area contributed by atoms with Gasteiger partial charge in [-0.05, 0) is 17.9 Å². The van der Waals surface area contributed by atoms with Crippen LogP contribution in [0.2, 0.25) is 0 Å². The summed E-state index contributed by atoms with van der Waals surface area (Å²) in [6, 6.07) is 9.30. The standard InChI is InChI=1S/C23H26N4O8/c1-14(2)9-19(22(29)25-20(23(30)35-3)10-15-7-5-4-6-8-15)24-21(28)16-11-17(26(31)32)13-18(12-16)27(33)34/h4-8,11-14,19-20H,9-10H2,1-3H3,(H,24,28)(H,25,29)/t19-,20-/m0/s1. The van der Waals surface area contributed by atoms with Crippen molar-refractivity contribution < 1.29 is 29.0 Å². The number of amides is 2. The van der Waals surface area contributed by atoms with E-state index >= 15 is 0 Å². The predicted octanol–water partition coefficient (Wildman–Crippen LogP) is 2.55. The van der Waals surface area contributed by atoms with E-state index in [0.29, 0.717) is 0 Å². The average molecular weight is 486 g/mol. The summed E-state index contributed by atoms with van der Waals surface area (Å²) in [5.74, 6) is -2.31. The van der Waals surface area contributed by atoms with E-state index < -0.39 is 51.1 Å².